The first-order chi connectivity index (χ1) is 12.7. The minimum Gasteiger partial charge on any atom is -0.478 e. The average molecular weight is 373 g/mol. The number of carboxylic acids is 1. The van der Waals surface area contributed by atoms with Crippen LogP contribution in [0.1, 0.15) is 78.6 Å². The number of nitrogens with zero attached hydrogens (tertiary/aromatic N) is 1. The van der Waals surface area contributed by atoms with Crippen LogP contribution >= 0.6 is 0 Å². The number of halogens is 1. The molecule has 0 fully saturated rings. The largest absolute Gasteiger partial charge is 0.478 e. The monoisotopic (exact) mass is 373 g/mol. The third kappa shape index (κ3) is 4.15. The molecule has 0 radical (unpaired) electrons. The molecule has 5 nitrogen and oxygen atoms in total. The summed E-state index contributed by atoms with van der Waals surface area (Å²) in [6.07, 6.45) is 0. The van der Waals surface area contributed by atoms with E-state index in [0.29, 0.717) is 17.0 Å². The van der Waals surface area contributed by atoms with E-state index in [1.54, 1.807) is 6.92 Å². The molecule has 2 aromatic rings. The number of aromatic carboxylic acids is 1. The highest BCUT2D eigenvalue weighted by Gasteiger charge is 2.31. The highest BCUT2D eigenvalue weighted by Crippen LogP contribution is 2.37. The Morgan fingerprint density at radius 1 is 1.04 bits per heavy atom. The van der Waals surface area contributed by atoms with E-state index >= 15 is 0 Å². The first-order valence-corrected chi connectivity index (χ1v) is 8.93. The highest BCUT2D eigenvalue weighted by atomic mass is 19.1. The van der Waals surface area contributed by atoms with Gasteiger partial charge in [0.1, 0.15) is 5.82 Å². The van der Waals surface area contributed by atoms with Crippen molar-refractivity contribution in [3.63, 3.8) is 0 Å². The molecule has 2 rings (SSSR count). The number of aromatic nitrogens is 1. The predicted octanol–water partition coefficient (Wildman–Crippen LogP) is 5.01. The van der Waals surface area contributed by atoms with E-state index in [1.807, 2.05) is 27.7 Å². The molecule has 0 aliphatic heterocycles. The van der Waals surface area contributed by atoms with Crippen LogP contribution in [0.25, 0.3) is 11.1 Å². The van der Waals surface area contributed by atoms with Crippen molar-refractivity contribution in [2.75, 3.05) is 6.61 Å². The van der Waals surface area contributed by atoms with Crippen LogP contribution in [0, 0.1) is 5.82 Å². The second-order valence-corrected chi connectivity index (χ2v) is 6.85. The van der Waals surface area contributed by atoms with E-state index in [-0.39, 0.29) is 35.1 Å². The van der Waals surface area contributed by atoms with Gasteiger partial charge in [0.25, 0.3) is 0 Å². The number of carbonyl (C=O) groups excluding carboxylic acids is 1. The number of hydrogen-bond acceptors (Lipinski definition) is 4. The number of hydrogen-bond donors (Lipinski definition) is 1. The first-order valence-electron chi connectivity index (χ1n) is 8.93. The Hall–Kier alpha value is -2.76. The van der Waals surface area contributed by atoms with Crippen LogP contribution in [0.15, 0.2) is 24.3 Å². The minimum absolute atomic E-state index is 0.0518. The van der Waals surface area contributed by atoms with E-state index in [9.17, 15) is 19.1 Å². The normalized spacial score (nSPS) is 11.1. The molecule has 1 aromatic carbocycles. The number of carboxylic acid groups (broad SMARTS) is 1. The van der Waals surface area contributed by atoms with Crippen LogP contribution in [-0.4, -0.2) is 28.6 Å². The molecule has 144 valence electrons. The third-order valence-corrected chi connectivity index (χ3v) is 4.17. The lowest BCUT2D eigenvalue weighted by Crippen LogP contribution is -2.19. The fourth-order valence-electron chi connectivity index (χ4n) is 2.99. The summed E-state index contributed by atoms with van der Waals surface area (Å²) >= 11 is 0. The molecule has 27 heavy (non-hydrogen) atoms. The van der Waals surface area contributed by atoms with Crippen molar-refractivity contribution >= 4 is 11.9 Å². The van der Waals surface area contributed by atoms with Gasteiger partial charge in [0.15, 0.2) is 0 Å². The summed E-state index contributed by atoms with van der Waals surface area (Å²) in [4.78, 5) is 29.4. The summed E-state index contributed by atoms with van der Waals surface area (Å²) < 4.78 is 18.6. The number of benzene rings is 1. The van der Waals surface area contributed by atoms with Gasteiger partial charge in [-0.25, -0.2) is 14.0 Å². The summed E-state index contributed by atoms with van der Waals surface area (Å²) in [6.45, 7) is 9.27. The molecule has 0 spiro atoms. The van der Waals surface area contributed by atoms with Crippen LogP contribution < -0.4 is 0 Å². The first kappa shape index (κ1) is 20.6. The molecule has 6 heteroatoms. The van der Waals surface area contributed by atoms with Gasteiger partial charge in [-0.1, -0.05) is 39.8 Å². The fraction of sp³-hybridized carbons (Fsp3) is 0.381. The van der Waals surface area contributed by atoms with E-state index in [0.717, 1.165) is 0 Å². The second kappa shape index (κ2) is 8.29. The van der Waals surface area contributed by atoms with Gasteiger partial charge in [-0.05, 0) is 36.5 Å². The number of pyridine rings is 1. The van der Waals surface area contributed by atoms with E-state index in [2.05, 4.69) is 4.98 Å². The maximum absolute atomic E-state index is 13.4. The summed E-state index contributed by atoms with van der Waals surface area (Å²) in [5, 5.41) is 9.91. The van der Waals surface area contributed by atoms with Crippen molar-refractivity contribution < 1.29 is 23.8 Å². The molecular formula is C21H24FNO4. The van der Waals surface area contributed by atoms with E-state index < -0.39 is 17.8 Å². The maximum atomic E-state index is 13.4. The summed E-state index contributed by atoms with van der Waals surface area (Å²) in [5.74, 6) is -2.58. The molecule has 0 bridgehead atoms. The Labute approximate surface area is 158 Å². The van der Waals surface area contributed by atoms with Crippen LogP contribution in [0.5, 0.6) is 0 Å². The quantitative estimate of drug-likeness (QED) is 0.720. The van der Waals surface area contributed by atoms with Crippen LogP contribution in [0.2, 0.25) is 0 Å². The van der Waals surface area contributed by atoms with Crippen molar-refractivity contribution in [3.8, 4) is 11.1 Å². The van der Waals surface area contributed by atoms with Crippen molar-refractivity contribution in [2.45, 2.75) is 46.5 Å². The smallest absolute Gasteiger partial charge is 0.340 e. The molecule has 0 unspecified atom stereocenters. The predicted molar refractivity (Wildman–Crippen MR) is 101 cm³/mol. The Bertz CT molecular complexity index is 857. The van der Waals surface area contributed by atoms with Gasteiger partial charge in [0, 0.05) is 5.56 Å². The zero-order valence-corrected chi connectivity index (χ0v) is 16.2. The van der Waals surface area contributed by atoms with Crippen molar-refractivity contribution in [2.24, 2.45) is 0 Å². The maximum Gasteiger partial charge on any atom is 0.340 e. The SMILES string of the molecule is CCOC(=O)c1c(C(C)C)nc(C(C)C)c(C(=O)O)c1-c1ccc(F)cc1. The van der Waals surface area contributed by atoms with E-state index in [4.69, 9.17) is 4.74 Å². The molecular weight excluding hydrogens is 349 g/mol. The number of rotatable bonds is 6. The van der Waals surface area contributed by atoms with Gasteiger partial charge in [0.05, 0.1) is 29.1 Å². The van der Waals surface area contributed by atoms with Crippen molar-refractivity contribution in [3.05, 3.63) is 52.6 Å². The molecule has 0 saturated carbocycles. The number of carbonyl (C=O) groups is 2. The summed E-state index contributed by atoms with van der Waals surface area (Å²) in [6, 6.07) is 5.41. The lowest BCUT2D eigenvalue weighted by Gasteiger charge is -2.22. The van der Waals surface area contributed by atoms with Crippen molar-refractivity contribution in [1.29, 1.82) is 0 Å². The Kier molecular flexibility index (Phi) is 6.31. The van der Waals surface area contributed by atoms with Gasteiger partial charge in [-0.2, -0.15) is 0 Å². The van der Waals surface area contributed by atoms with Gasteiger partial charge >= 0.3 is 11.9 Å². The molecule has 1 aromatic heterocycles. The lowest BCUT2D eigenvalue weighted by molar-refractivity contribution is 0.0525. The van der Waals surface area contributed by atoms with Crippen LogP contribution in [0.3, 0.4) is 0 Å². The summed E-state index contributed by atoms with van der Waals surface area (Å²) in [7, 11) is 0. The molecule has 0 amide bonds. The average Bonchev–Trinajstić information content (AvgIpc) is 2.60. The Morgan fingerprint density at radius 2 is 1.56 bits per heavy atom. The third-order valence-electron chi connectivity index (χ3n) is 4.17. The van der Waals surface area contributed by atoms with Gasteiger partial charge < -0.3 is 9.84 Å². The second-order valence-electron chi connectivity index (χ2n) is 6.85. The topological polar surface area (TPSA) is 76.5 Å². The van der Waals surface area contributed by atoms with Gasteiger partial charge in [-0.15, -0.1) is 0 Å². The zero-order chi connectivity index (χ0) is 20.3. The van der Waals surface area contributed by atoms with Crippen LogP contribution in [-0.2, 0) is 4.74 Å². The highest BCUT2D eigenvalue weighted by molar-refractivity contribution is 6.07. The Morgan fingerprint density at radius 3 is 2.00 bits per heavy atom. The standard InChI is InChI=1S/C21H24FNO4/c1-6-27-21(26)17-15(13-7-9-14(22)10-8-13)16(20(24)25)18(11(2)3)23-19(17)12(4)5/h7-12H,6H2,1-5H3,(H,24,25). The zero-order valence-electron chi connectivity index (χ0n) is 16.2. The molecule has 1 N–H and O–H groups in total. The van der Waals surface area contributed by atoms with Gasteiger partial charge in [0.2, 0.25) is 0 Å². The molecule has 0 aliphatic rings. The fourth-order valence-corrected chi connectivity index (χ4v) is 2.99. The number of esters is 1. The van der Waals surface area contributed by atoms with E-state index in [1.165, 1.54) is 24.3 Å². The molecule has 0 atom stereocenters. The van der Waals surface area contributed by atoms with Crippen molar-refractivity contribution in [1.82, 2.24) is 4.98 Å². The minimum atomic E-state index is -1.19. The number of ether oxygens (including phenoxy) is 1. The van der Waals surface area contributed by atoms with Gasteiger partial charge in [-0.3, -0.25) is 4.98 Å². The summed E-state index contributed by atoms with van der Waals surface area (Å²) in [5.41, 5.74) is 1.59. The lowest BCUT2D eigenvalue weighted by atomic mass is 9.87. The Balaban J connectivity index is 3.02. The molecule has 0 aliphatic carbocycles. The molecule has 1 heterocycles. The van der Waals surface area contributed by atoms with Crippen LogP contribution in [0.4, 0.5) is 4.39 Å². The molecule has 0 saturated heterocycles.